The zero-order valence-electron chi connectivity index (χ0n) is 16.1. The van der Waals surface area contributed by atoms with E-state index in [1.807, 2.05) is 42.7 Å². The van der Waals surface area contributed by atoms with Crippen LogP contribution in [0.4, 0.5) is 0 Å². The van der Waals surface area contributed by atoms with E-state index in [-0.39, 0.29) is 24.5 Å². The van der Waals surface area contributed by atoms with Gasteiger partial charge in [0.1, 0.15) is 12.4 Å². The van der Waals surface area contributed by atoms with Crippen molar-refractivity contribution in [3.05, 3.63) is 60.2 Å². The van der Waals surface area contributed by atoms with Crippen LogP contribution < -0.4 is 5.32 Å². The quantitative estimate of drug-likeness (QED) is 0.480. The Morgan fingerprint density at radius 3 is 2.64 bits per heavy atom. The Labute approximate surface area is 163 Å². The SMILES string of the molecule is CC(C)OC(=O)Cn1c(CCCNC(=O)c2ccncc2)nc2ccccc21. The van der Waals surface area contributed by atoms with E-state index in [1.54, 1.807) is 24.5 Å². The van der Waals surface area contributed by atoms with Crippen molar-refractivity contribution in [2.45, 2.75) is 39.3 Å². The maximum absolute atomic E-state index is 12.2. The summed E-state index contributed by atoms with van der Waals surface area (Å²) >= 11 is 0. The van der Waals surface area contributed by atoms with E-state index in [1.165, 1.54) is 0 Å². The third-order valence-electron chi connectivity index (χ3n) is 4.19. The number of nitrogens with zero attached hydrogens (tertiary/aromatic N) is 3. The predicted octanol–water partition coefficient (Wildman–Crippen LogP) is 2.75. The summed E-state index contributed by atoms with van der Waals surface area (Å²) in [7, 11) is 0. The first-order valence-electron chi connectivity index (χ1n) is 9.36. The minimum Gasteiger partial charge on any atom is -0.462 e. The number of esters is 1. The van der Waals surface area contributed by atoms with E-state index in [0.29, 0.717) is 24.9 Å². The minimum atomic E-state index is -0.287. The van der Waals surface area contributed by atoms with E-state index in [4.69, 9.17) is 4.74 Å². The standard InChI is InChI=1S/C21H24N4O3/c1-15(2)28-20(26)14-25-18-7-4-3-6-17(18)24-19(25)8-5-11-23-21(27)16-9-12-22-13-10-16/h3-4,6-7,9-10,12-13,15H,5,8,11,14H2,1-2H3,(H,23,27). The number of aryl methyl sites for hydroxylation is 1. The van der Waals surface area contributed by atoms with Crippen LogP contribution in [0.1, 0.15) is 36.5 Å². The topological polar surface area (TPSA) is 86.1 Å². The summed E-state index contributed by atoms with van der Waals surface area (Å²) in [6, 6.07) is 11.1. The molecule has 0 spiro atoms. The molecule has 1 aromatic carbocycles. The summed E-state index contributed by atoms with van der Waals surface area (Å²) in [5.41, 5.74) is 2.33. The number of imidazole rings is 1. The monoisotopic (exact) mass is 380 g/mol. The average Bonchev–Trinajstić information content (AvgIpc) is 3.02. The normalized spacial score (nSPS) is 11.0. The summed E-state index contributed by atoms with van der Waals surface area (Å²) in [6.07, 6.45) is 4.37. The molecule has 7 heteroatoms. The molecule has 2 heterocycles. The molecule has 3 aromatic rings. The van der Waals surface area contributed by atoms with Gasteiger partial charge in [0, 0.05) is 30.9 Å². The number of hydrogen-bond acceptors (Lipinski definition) is 5. The van der Waals surface area contributed by atoms with Crippen molar-refractivity contribution in [1.82, 2.24) is 19.9 Å². The van der Waals surface area contributed by atoms with Gasteiger partial charge in [-0.05, 0) is 44.5 Å². The molecule has 0 radical (unpaired) electrons. The van der Waals surface area contributed by atoms with Crippen LogP contribution in [0, 0.1) is 0 Å². The first kappa shape index (κ1) is 19.5. The van der Waals surface area contributed by atoms with Crippen molar-refractivity contribution in [2.24, 2.45) is 0 Å². The van der Waals surface area contributed by atoms with Crippen molar-refractivity contribution in [1.29, 1.82) is 0 Å². The zero-order valence-corrected chi connectivity index (χ0v) is 16.1. The van der Waals surface area contributed by atoms with Crippen LogP contribution >= 0.6 is 0 Å². The Kier molecular flexibility index (Phi) is 6.37. The van der Waals surface area contributed by atoms with Crippen molar-refractivity contribution < 1.29 is 14.3 Å². The molecular weight excluding hydrogens is 356 g/mol. The second kappa shape index (κ2) is 9.12. The molecule has 1 amide bonds. The Morgan fingerprint density at radius 2 is 1.89 bits per heavy atom. The summed E-state index contributed by atoms with van der Waals surface area (Å²) in [6.45, 7) is 4.30. The highest BCUT2D eigenvalue weighted by Gasteiger charge is 2.15. The van der Waals surface area contributed by atoms with Crippen LogP contribution in [0.3, 0.4) is 0 Å². The third-order valence-corrected chi connectivity index (χ3v) is 4.19. The lowest BCUT2D eigenvalue weighted by molar-refractivity contribution is -0.148. The number of ether oxygens (including phenoxy) is 1. The lowest BCUT2D eigenvalue weighted by Gasteiger charge is -2.11. The molecule has 0 fully saturated rings. The van der Waals surface area contributed by atoms with E-state index >= 15 is 0 Å². The van der Waals surface area contributed by atoms with E-state index in [0.717, 1.165) is 16.9 Å². The number of fused-ring (bicyclic) bond motifs is 1. The summed E-state index contributed by atoms with van der Waals surface area (Å²) < 4.78 is 7.18. The molecular formula is C21H24N4O3. The summed E-state index contributed by atoms with van der Waals surface area (Å²) in [5, 5.41) is 2.89. The van der Waals surface area contributed by atoms with Crippen molar-refractivity contribution >= 4 is 22.9 Å². The number of rotatable bonds is 8. The molecule has 28 heavy (non-hydrogen) atoms. The Balaban J connectivity index is 1.64. The first-order chi connectivity index (χ1) is 13.5. The smallest absolute Gasteiger partial charge is 0.326 e. The fourth-order valence-electron chi connectivity index (χ4n) is 2.98. The Bertz CT molecular complexity index is 951. The molecule has 3 rings (SSSR count). The first-order valence-corrected chi connectivity index (χ1v) is 9.36. The molecule has 146 valence electrons. The van der Waals surface area contributed by atoms with Gasteiger partial charge in [-0.15, -0.1) is 0 Å². The van der Waals surface area contributed by atoms with Gasteiger partial charge in [0.15, 0.2) is 0 Å². The van der Waals surface area contributed by atoms with Gasteiger partial charge in [0.05, 0.1) is 17.1 Å². The summed E-state index contributed by atoms with van der Waals surface area (Å²) in [4.78, 5) is 32.8. The number of aromatic nitrogens is 3. The highest BCUT2D eigenvalue weighted by molar-refractivity contribution is 5.93. The van der Waals surface area contributed by atoms with E-state index in [9.17, 15) is 9.59 Å². The number of carbonyl (C=O) groups is 2. The van der Waals surface area contributed by atoms with Gasteiger partial charge < -0.3 is 14.6 Å². The fraction of sp³-hybridized carbons (Fsp3) is 0.333. The highest BCUT2D eigenvalue weighted by atomic mass is 16.5. The average molecular weight is 380 g/mol. The molecule has 1 N–H and O–H groups in total. The van der Waals surface area contributed by atoms with Crippen LogP contribution in [0.15, 0.2) is 48.8 Å². The van der Waals surface area contributed by atoms with Crippen molar-refractivity contribution in [3.63, 3.8) is 0 Å². The third kappa shape index (κ3) is 4.94. The molecule has 0 aliphatic carbocycles. The van der Waals surface area contributed by atoms with Crippen LogP contribution in [-0.4, -0.2) is 39.1 Å². The predicted molar refractivity (Wildman–Crippen MR) is 106 cm³/mol. The number of hydrogen-bond donors (Lipinski definition) is 1. The number of nitrogens with one attached hydrogen (secondary N) is 1. The molecule has 0 aliphatic heterocycles. The number of benzene rings is 1. The number of amides is 1. The van der Waals surface area contributed by atoms with E-state index in [2.05, 4.69) is 15.3 Å². The fourth-order valence-corrected chi connectivity index (χ4v) is 2.98. The maximum Gasteiger partial charge on any atom is 0.326 e. The van der Waals surface area contributed by atoms with Crippen LogP contribution in [0.5, 0.6) is 0 Å². The van der Waals surface area contributed by atoms with Gasteiger partial charge in [-0.3, -0.25) is 14.6 Å². The van der Waals surface area contributed by atoms with Crippen LogP contribution in [-0.2, 0) is 22.5 Å². The number of pyridine rings is 1. The number of para-hydroxylation sites is 2. The van der Waals surface area contributed by atoms with Gasteiger partial charge >= 0.3 is 5.97 Å². The molecule has 0 unspecified atom stereocenters. The zero-order chi connectivity index (χ0) is 19.9. The second-order valence-electron chi connectivity index (χ2n) is 6.74. The lowest BCUT2D eigenvalue weighted by atomic mass is 10.2. The Hall–Kier alpha value is -3.22. The van der Waals surface area contributed by atoms with Gasteiger partial charge in [-0.25, -0.2) is 4.98 Å². The van der Waals surface area contributed by atoms with Crippen LogP contribution in [0.25, 0.3) is 11.0 Å². The van der Waals surface area contributed by atoms with Crippen molar-refractivity contribution in [3.8, 4) is 0 Å². The van der Waals surface area contributed by atoms with Crippen molar-refractivity contribution in [2.75, 3.05) is 6.54 Å². The van der Waals surface area contributed by atoms with Crippen LogP contribution in [0.2, 0.25) is 0 Å². The van der Waals surface area contributed by atoms with Gasteiger partial charge in [0.25, 0.3) is 5.91 Å². The summed E-state index contributed by atoms with van der Waals surface area (Å²) in [5.74, 6) is 0.391. The molecule has 0 saturated heterocycles. The number of carbonyl (C=O) groups excluding carboxylic acids is 2. The maximum atomic E-state index is 12.2. The lowest BCUT2D eigenvalue weighted by Crippen LogP contribution is -2.25. The molecule has 0 bridgehead atoms. The van der Waals surface area contributed by atoms with E-state index < -0.39 is 0 Å². The largest absolute Gasteiger partial charge is 0.462 e. The molecule has 0 saturated carbocycles. The second-order valence-corrected chi connectivity index (χ2v) is 6.74. The van der Waals surface area contributed by atoms with Gasteiger partial charge in [-0.1, -0.05) is 12.1 Å². The Morgan fingerprint density at radius 1 is 1.14 bits per heavy atom. The molecule has 7 nitrogen and oxygen atoms in total. The molecule has 0 aliphatic rings. The van der Waals surface area contributed by atoms with Gasteiger partial charge in [0.2, 0.25) is 0 Å². The minimum absolute atomic E-state index is 0.122. The van der Waals surface area contributed by atoms with Gasteiger partial charge in [-0.2, -0.15) is 0 Å². The molecule has 2 aromatic heterocycles. The molecule has 0 atom stereocenters. The highest BCUT2D eigenvalue weighted by Crippen LogP contribution is 2.17.